The van der Waals surface area contributed by atoms with E-state index in [1.54, 1.807) is 5.57 Å². The van der Waals surface area contributed by atoms with Gasteiger partial charge in [0.1, 0.15) is 0 Å². The van der Waals surface area contributed by atoms with Gasteiger partial charge in [-0.2, -0.15) is 0 Å². The summed E-state index contributed by atoms with van der Waals surface area (Å²) in [5.74, 6) is 0. The third-order valence-corrected chi connectivity index (χ3v) is 6.80. The fourth-order valence-electron chi connectivity index (χ4n) is 1.55. The van der Waals surface area contributed by atoms with Crippen LogP contribution in [0.2, 0.25) is 4.73 Å². The van der Waals surface area contributed by atoms with Crippen molar-refractivity contribution >= 4 is 26.3 Å². The minimum absolute atomic E-state index is 0.889. The van der Waals surface area contributed by atoms with Crippen LogP contribution in [0.15, 0.2) is 23.3 Å². The van der Waals surface area contributed by atoms with Crippen LogP contribution in [0.3, 0.4) is 0 Å². The molecule has 0 aliphatic heterocycles. The first-order valence-corrected chi connectivity index (χ1v) is 13.5. The van der Waals surface area contributed by atoms with Gasteiger partial charge in [-0.15, -0.1) is 0 Å². The second kappa shape index (κ2) is 6.60. The fourth-order valence-corrected chi connectivity index (χ4v) is 4.67. The van der Waals surface area contributed by atoms with Crippen molar-refractivity contribution < 1.29 is 13.7 Å². The molecule has 0 atom stereocenters. The zero-order valence-electron chi connectivity index (χ0n) is 7.95. The zero-order valence-corrected chi connectivity index (χ0v) is 12.7. The SMILES string of the molecule is CC1=C(CCC[CH2][Ti]([Br])[Br])CC=C1. The number of hydrogen-bond acceptors (Lipinski definition) is 0. The molecule has 0 radical (unpaired) electrons. The molecular weight excluding hydrogens is 328 g/mol. The monoisotopic (exact) mass is 341 g/mol. The van der Waals surface area contributed by atoms with Crippen LogP contribution < -0.4 is 0 Å². The van der Waals surface area contributed by atoms with Crippen molar-refractivity contribution in [2.24, 2.45) is 0 Å². The van der Waals surface area contributed by atoms with Gasteiger partial charge in [0.25, 0.3) is 0 Å². The summed E-state index contributed by atoms with van der Waals surface area (Å²) < 4.78 is 1.39. The Morgan fingerprint density at radius 3 is 2.69 bits per heavy atom. The Kier molecular flexibility index (Phi) is 6.21. The molecule has 0 aromatic carbocycles. The molecule has 3 heteroatoms. The van der Waals surface area contributed by atoms with Gasteiger partial charge >= 0.3 is 101 Å². The summed E-state index contributed by atoms with van der Waals surface area (Å²) in [5, 5.41) is 0. The van der Waals surface area contributed by atoms with E-state index in [-0.39, 0.29) is 0 Å². The molecule has 0 bridgehead atoms. The van der Waals surface area contributed by atoms with E-state index in [1.807, 2.05) is 0 Å². The maximum atomic E-state index is 3.66. The number of unbranched alkanes of at least 4 members (excludes halogenated alkanes) is 1. The standard InChI is InChI=1S/C10H15.2BrH.Ti/c1-3-4-7-10-8-5-6-9(10)2;;;/h5-6H,1,3-4,7-8H2,2H3;2*1H;/q;;;+2/p-2. The molecule has 13 heavy (non-hydrogen) atoms. The molecule has 0 saturated heterocycles. The molecule has 1 rings (SSSR count). The first-order chi connectivity index (χ1) is 6.20. The molecule has 0 saturated carbocycles. The summed E-state index contributed by atoms with van der Waals surface area (Å²) in [6, 6.07) is 0. The molecule has 0 aromatic heterocycles. The van der Waals surface area contributed by atoms with Gasteiger partial charge in [-0.3, -0.25) is 0 Å². The Morgan fingerprint density at radius 2 is 2.15 bits per heavy atom. The van der Waals surface area contributed by atoms with E-state index < -0.39 is 13.7 Å². The molecule has 0 nitrogen and oxygen atoms in total. The molecular formula is C10H15Br2Ti. The fraction of sp³-hybridized carbons (Fsp3) is 0.600. The molecule has 0 spiro atoms. The Balaban J connectivity index is 2.10. The van der Waals surface area contributed by atoms with Gasteiger partial charge in [0.05, 0.1) is 0 Å². The first kappa shape index (κ1) is 12.2. The van der Waals surface area contributed by atoms with E-state index in [0.717, 1.165) is 0 Å². The van der Waals surface area contributed by atoms with E-state index in [4.69, 9.17) is 0 Å². The van der Waals surface area contributed by atoms with Crippen LogP contribution in [0.4, 0.5) is 0 Å². The van der Waals surface area contributed by atoms with Gasteiger partial charge in [-0.1, -0.05) is 0 Å². The van der Waals surface area contributed by atoms with E-state index in [0.29, 0.717) is 0 Å². The minimum atomic E-state index is -0.889. The molecule has 0 N–H and O–H groups in total. The maximum absolute atomic E-state index is 3.66. The van der Waals surface area contributed by atoms with Gasteiger partial charge in [-0.25, -0.2) is 0 Å². The van der Waals surface area contributed by atoms with E-state index in [1.165, 1.54) is 36.0 Å². The summed E-state index contributed by atoms with van der Waals surface area (Å²) in [6.45, 7) is 2.23. The zero-order chi connectivity index (χ0) is 9.68. The van der Waals surface area contributed by atoms with Crippen LogP contribution in [-0.2, 0) is 13.7 Å². The first-order valence-electron chi connectivity index (χ1n) is 4.72. The number of allylic oxidation sites excluding steroid dienone is 4. The van der Waals surface area contributed by atoms with Crippen molar-refractivity contribution in [1.82, 2.24) is 0 Å². The molecule has 0 heterocycles. The molecule has 1 aliphatic rings. The van der Waals surface area contributed by atoms with Crippen LogP contribution in [0, 0.1) is 0 Å². The molecule has 0 aromatic rings. The number of halogens is 2. The van der Waals surface area contributed by atoms with Crippen LogP contribution in [0.25, 0.3) is 0 Å². The molecule has 0 fully saturated rings. The third kappa shape index (κ3) is 4.97. The van der Waals surface area contributed by atoms with Gasteiger partial charge in [0.15, 0.2) is 0 Å². The van der Waals surface area contributed by atoms with E-state index in [2.05, 4.69) is 45.4 Å². The quantitative estimate of drug-likeness (QED) is 0.482. The summed E-state index contributed by atoms with van der Waals surface area (Å²) in [5.41, 5.74) is 3.17. The Bertz CT molecular complexity index is 219. The van der Waals surface area contributed by atoms with Crippen molar-refractivity contribution in [1.29, 1.82) is 0 Å². The van der Waals surface area contributed by atoms with E-state index in [9.17, 15) is 0 Å². The predicted octanol–water partition coefficient (Wildman–Crippen LogP) is 5.09. The summed E-state index contributed by atoms with van der Waals surface area (Å²) in [7, 11) is 0. The van der Waals surface area contributed by atoms with Crippen molar-refractivity contribution in [3.8, 4) is 0 Å². The molecule has 73 valence electrons. The van der Waals surface area contributed by atoms with Gasteiger partial charge in [0.2, 0.25) is 0 Å². The topological polar surface area (TPSA) is 0 Å². The molecule has 1 aliphatic carbocycles. The average molecular weight is 343 g/mol. The Morgan fingerprint density at radius 1 is 1.38 bits per heavy atom. The molecule has 0 amide bonds. The third-order valence-electron chi connectivity index (χ3n) is 2.38. The van der Waals surface area contributed by atoms with Gasteiger partial charge in [0, 0.05) is 0 Å². The van der Waals surface area contributed by atoms with Gasteiger partial charge in [-0.05, 0) is 0 Å². The summed E-state index contributed by atoms with van der Waals surface area (Å²) >= 11 is 6.43. The second-order valence-corrected chi connectivity index (χ2v) is 17.6. The number of rotatable bonds is 5. The van der Waals surface area contributed by atoms with Crippen LogP contribution in [-0.4, -0.2) is 0 Å². The summed E-state index contributed by atoms with van der Waals surface area (Å²) in [4.78, 5) is 0. The van der Waals surface area contributed by atoms with Crippen LogP contribution >= 0.6 is 26.3 Å². The molecule has 0 unspecified atom stereocenters. The Labute approximate surface area is 99.8 Å². The predicted molar refractivity (Wildman–Crippen MR) is 63.0 cm³/mol. The second-order valence-electron chi connectivity index (χ2n) is 3.44. The van der Waals surface area contributed by atoms with Crippen molar-refractivity contribution in [2.75, 3.05) is 0 Å². The average Bonchev–Trinajstić information content (AvgIpc) is 2.45. The normalized spacial score (nSPS) is 15.6. The van der Waals surface area contributed by atoms with E-state index >= 15 is 0 Å². The van der Waals surface area contributed by atoms with Crippen LogP contribution in [0.5, 0.6) is 0 Å². The van der Waals surface area contributed by atoms with Crippen molar-refractivity contribution in [3.05, 3.63) is 23.3 Å². The summed E-state index contributed by atoms with van der Waals surface area (Å²) in [6.07, 6.45) is 9.79. The van der Waals surface area contributed by atoms with Crippen molar-refractivity contribution in [3.63, 3.8) is 0 Å². The van der Waals surface area contributed by atoms with Crippen molar-refractivity contribution in [2.45, 2.75) is 37.3 Å². The Hall–Kier alpha value is 1.15. The van der Waals surface area contributed by atoms with Gasteiger partial charge < -0.3 is 0 Å². The number of hydrogen-bond donors (Lipinski definition) is 0. The van der Waals surface area contributed by atoms with Crippen LogP contribution in [0.1, 0.15) is 32.6 Å².